The molecule has 3 N–H and O–H groups in total. The Morgan fingerprint density at radius 1 is 1.33 bits per heavy atom. The second-order valence-electron chi connectivity index (χ2n) is 4.88. The number of benzene rings is 1. The van der Waals surface area contributed by atoms with Gasteiger partial charge in [-0.05, 0) is 55.2 Å². The molecular weight excluding hydrogens is 330 g/mol. The van der Waals surface area contributed by atoms with Crippen LogP contribution in [-0.4, -0.2) is 18.1 Å². The van der Waals surface area contributed by atoms with Crippen LogP contribution in [0.4, 0.5) is 0 Å². The lowest BCUT2D eigenvalue weighted by Crippen LogP contribution is -2.37. The summed E-state index contributed by atoms with van der Waals surface area (Å²) in [6.07, 6.45) is 4.44. The molecule has 1 aromatic heterocycles. The maximum Gasteiger partial charge on any atom is 0.122 e. The lowest BCUT2D eigenvalue weighted by molar-refractivity contribution is 0.402. The van der Waals surface area contributed by atoms with Crippen LogP contribution in [0.15, 0.2) is 47.1 Å². The van der Waals surface area contributed by atoms with Gasteiger partial charge in [-0.25, -0.2) is 0 Å². The molecule has 1 atom stereocenters. The van der Waals surface area contributed by atoms with E-state index in [1.165, 1.54) is 0 Å². The standard InChI is InChI=1S/C16H20BrN3O/c1-21-16-8-5-13(17)10-12(16)11-15(20-18)7-6-14-4-2-3-9-19-14/h2-5,8-10,15,20H,6-7,11,18H2,1H3. The van der Waals surface area contributed by atoms with Crippen molar-refractivity contribution in [2.75, 3.05) is 7.11 Å². The summed E-state index contributed by atoms with van der Waals surface area (Å²) >= 11 is 3.50. The van der Waals surface area contributed by atoms with Gasteiger partial charge >= 0.3 is 0 Å². The highest BCUT2D eigenvalue weighted by Crippen LogP contribution is 2.24. The molecule has 0 amide bonds. The zero-order valence-electron chi connectivity index (χ0n) is 12.1. The zero-order chi connectivity index (χ0) is 15.1. The highest BCUT2D eigenvalue weighted by molar-refractivity contribution is 9.10. The van der Waals surface area contributed by atoms with Crippen LogP contribution in [0.3, 0.4) is 0 Å². The number of ether oxygens (including phenoxy) is 1. The predicted octanol–water partition coefficient (Wildman–Crippen LogP) is 2.86. The molecule has 0 saturated heterocycles. The van der Waals surface area contributed by atoms with Crippen molar-refractivity contribution in [2.45, 2.75) is 25.3 Å². The summed E-state index contributed by atoms with van der Waals surface area (Å²) in [6, 6.07) is 12.2. The number of hydrazine groups is 1. The SMILES string of the molecule is COc1ccc(Br)cc1CC(CCc1ccccn1)NN. The van der Waals surface area contributed by atoms with Gasteiger partial charge in [-0.15, -0.1) is 0 Å². The number of aryl methyl sites for hydroxylation is 1. The average molecular weight is 350 g/mol. The van der Waals surface area contributed by atoms with Gasteiger partial charge in [0.1, 0.15) is 5.75 Å². The Kier molecular flexibility index (Phi) is 6.17. The fourth-order valence-electron chi connectivity index (χ4n) is 2.28. The molecule has 0 aliphatic rings. The first-order valence-corrected chi connectivity index (χ1v) is 7.70. The summed E-state index contributed by atoms with van der Waals surface area (Å²) in [7, 11) is 1.69. The van der Waals surface area contributed by atoms with Crippen LogP contribution in [0, 0.1) is 0 Å². The fraction of sp³-hybridized carbons (Fsp3) is 0.312. The van der Waals surface area contributed by atoms with Crippen molar-refractivity contribution in [1.82, 2.24) is 10.4 Å². The molecule has 0 aliphatic heterocycles. The Morgan fingerprint density at radius 3 is 2.86 bits per heavy atom. The lowest BCUT2D eigenvalue weighted by Gasteiger charge is -2.17. The number of hydrogen-bond donors (Lipinski definition) is 2. The van der Waals surface area contributed by atoms with E-state index in [1.807, 2.05) is 36.5 Å². The number of nitrogens with zero attached hydrogens (tertiary/aromatic N) is 1. The van der Waals surface area contributed by atoms with Crippen LogP contribution in [0.1, 0.15) is 17.7 Å². The molecule has 0 radical (unpaired) electrons. The van der Waals surface area contributed by atoms with Gasteiger partial charge in [-0.1, -0.05) is 22.0 Å². The van der Waals surface area contributed by atoms with Gasteiger partial charge in [-0.2, -0.15) is 0 Å². The van der Waals surface area contributed by atoms with Crippen molar-refractivity contribution < 1.29 is 4.74 Å². The maximum absolute atomic E-state index is 5.69. The smallest absolute Gasteiger partial charge is 0.122 e. The second-order valence-corrected chi connectivity index (χ2v) is 5.80. The largest absolute Gasteiger partial charge is 0.496 e. The molecule has 0 fully saturated rings. The van der Waals surface area contributed by atoms with Gasteiger partial charge in [0.15, 0.2) is 0 Å². The first kappa shape index (κ1) is 15.9. The van der Waals surface area contributed by atoms with Gasteiger partial charge in [0, 0.05) is 22.4 Å². The number of halogens is 1. The number of hydrogen-bond acceptors (Lipinski definition) is 4. The Balaban J connectivity index is 2.00. The first-order valence-electron chi connectivity index (χ1n) is 6.91. The van der Waals surface area contributed by atoms with Crippen LogP contribution < -0.4 is 16.0 Å². The third-order valence-electron chi connectivity index (χ3n) is 3.42. The van der Waals surface area contributed by atoms with Crippen LogP contribution in [0.25, 0.3) is 0 Å². The second kappa shape index (κ2) is 8.12. The number of methoxy groups -OCH3 is 1. The highest BCUT2D eigenvalue weighted by atomic mass is 79.9. The van der Waals surface area contributed by atoms with Crippen LogP contribution >= 0.6 is 15.9 Å². The van der Waals surface area contributed by atoms with Crippen molar-refractivity contribution >= 4 is 15.9 Å². The molecule has 4 nitrogen and oxygen atoms in total. The fourth-order valence-corrected chi connectivity index (χ4v) is 2.69. The summed E-state index contributed by atoms with van der Waals surface area (Å²) in [6.45, 7) is 0. The molecule has 5 heteroatoms. The molecule has 0 saturated carbocycles. The number of nitrogens with one attached hydrogen (secondary N) is 1. The van der Waals surface area contributed by atoms with Crippen LogP contribution in [-0.2, 0) is 12.8 Å². The lowest BCUT2D eigenvalue weighted by atomic mass is 10.0. The molecule has 0 bridgehead atoms. The summed E-state index contributed by atoms with van der Waals surface area (Å²) in [5.41, 5.74) is 5.11. The van der Waals surface area contributed by atoms with Crippen molar-refractivity contribution in [3.63, 3.8) is 0 Å². The normalized spacial score (nSPS) is 12.1. The van der Waals surface area contributed by atoms with Crippen molar-refractivity contribution in [2.24, 2.45) is 5.84 Å². The minimum Gasteiger partial charge on any atom is -0.496 e. The monoisotopic (exact) mass is 349 g/mol. The van der Waals surface area contributed by atoms with Crippen LogP contribution in [0.5, 0.6) is 5.75 Å². The average Bonchev–Trinajstić information content (AvgIpc) is 2.52. The van der Waals surface area contributed by atoms with Gasteiger partial charge in [0.25, 0.3) is 0 Å². The molecule has 2 aromatic rings. The number of nitrogens with two attached hydrogens (primary N) is 1. The van der Waals surface area contributed by atoms with E-state index in [1.54, 1.807) is 7.11 Å². The summed E-state index contributed by atoms with van der Waals surface area (Å²) in [4.78, 5) is 4.34. The molecule has 21 heavy (non-hydrogen) atoms. The minimum atomic E-state index is 0.176. The van der Waals surface area contributed by atoms with Crippen molar-refractivity contribution in [3.8, 4) is 5.75 Å². The molecular formula is C16H20BrN3O. The first-order chi connectivity index (χ1) is 10.2. The van der Waals surface area contributed by atoms with Crippen molar-refractivity contribution in [3.05, 3.63) is 58.3 Å². The van der Waals surface area contributed by atoms with E-state index in [0.29, 0.717) is 0 Å². The summed E-state index contributed by atoms with van der Waals surface area (Å²) in [5, 5.41) is 0. The van der Waals surface area contributed by atoms with Crippen molar-refractivity contribution in [1.29, 1.82) is 0 Å². The Hall–Kier alpha value is -1.43. The Labute approximate surface area is 133 Å². The van der Waals surface area contributed by atoms with Gasteiger partial charge in [-0.3, -0.25) is 16.3 Å². The molecule has 112 valence electrons. The Bertz CT molecular complexity index is 563. The number of pyridine rings is 1. The zero-order valence-corrected chi connectivity index (χ0v) is 13.6. The molecule has 1 aromatic carbocycles. The topological polar surface area (TPSA) is 60.2 Å². The van der Waals surface area contributed by atoms with E-state index in [-0.39, 0.29) is 6.04 Å². The van der Waals surface area contributed by atoms with Gasteiger partial charge in [0.2, 0.25) is 0 Å². The maximum atomic E-state index is 5.69. The van der Waals surface area contributed by atoms with Gasteiger partial charge < -0.3 is 4.74 Å². The molecule has 1 unspecified atom stereocenters. The number of rotatable bonds is 7. The third kappa shape index (κ3) is 4.81. The molecule has 2 rings (SSSR count). The van der Waals surface area contributed by atoms with E-state index in [9.17, 15) is 0 Å². The minimum absolute atomic E-state index is 0.176. The highest BCUT2D eigenvalue weighted by Gasteiger charge is 2.12. The van der Waals surface area contributed by atoms with E-state index >= 15 is 0 Å². The molecule has 0 aliphatic carbocycles. The number of aromatic nitrogens is 1. The Morgan fingerprint density at radius 2 is 2.19 bits per heavy atom. The van der Waals surface area contributed by atoms with E-state index in [0.717, 1.165) is 40.7 Å². The summed E-state index contributed by atoms with van der Waals surface area (Å²) in [5.74, 6) is 6.58. The quantitative estimate of drug-likeness (QED) is 0.596. The summed E-state index contributed by atoms with van der Waals surface area (Å²) < 4.78 is 6.45. The van der Waals surface area contributed by atoms with E-state index in [4.69, 9.17) is 10.6 Å². The third-order valence-corrected chi connectivity index (χ3v) is 3.91. The van der Waals surface area contributed by atoms with E-state index in [2.05, 4.69) is 32.4 Å². The van der Waals surface area contributed by atoms with Gasteiger partial charge in [0.05, 0.1) is 7.11 Å². The predicted molar refractivity (Wildman–Crippen MR) is 88.1 cm³/mol. The molecule has 1 heterocycles. The molecule has 0 spiro atoms. The van der Waals surface area contributed by atoms with E-state index < -0.39 is 0 Å². The van der Waals surface area contributed by atoms with Crippen LogP contribution in [0.2, 0.25) is 0 Å².